The summed E-state index contributed by atoms with van der Waals surface area (Å²) < 4.78 is 16.2. The molecule has 0 aromatic heterocycles. The van der Waals surface area contributed by atoms with Gasteiger partial charge in [-0.15, -0.1) is 0 Å². The standard InChI is InChI=1S/C23H28N2O6/c1-16(23(26)30-3)13-24(19-9-10-19)14-18-6-11-21(22(12-18)29-2)31-15-17-4-7-20(8-5-17)25(27)28/h4-8,11-12,16,19H,9-10,13-15H2,1-3H3. The fraction of sp³-hybridized carbons (Fsp3) is 0.435. The van der Waals surface area contributed by atoms with Gasteiger partial charge in [-0.05, 0) is 48.2 Å². The summed E-state index contributed by atoms with van der Waals surface area (Å²) in [6.45, 7) is 3.53. The lowest BCUT2D eigenvalue weighted by Crippen LogP contribution is -2.33. The van der Waals surface area contributed by atoms with Crippen molar-refractivity contribution in [2.75, 3.05) is 20.8 Å². The molecule has 3 rings (SSSR count). The molecule has 1 atom stereocenters. The Morgan fingerprint density at radius 3 is 2.39 bits per heavy atom. The fourth-order valence-corrected chi connectivity index (χ4v) is 3.45. The average molecular weight is 428 g/mol. The van der Waals surface area contributed by atoms with E-state index < -0.39 is 4.92 Å². The molecule has 1 saturated carbocycles. The number of carbonyl (C=O) groups excluding carboxylic acids is 1. The molecule has 2 aromatic rings. The zero-order valence-electron chi connectivity index (χ0n) is 18.1. The van der Waals surface area contributed by atoms with Gasteiger partial charge < -0.3 is 14.2 Å². The maximum absolute atomic E-state index is 11.8. The quantitative estimate of drug-likeness (QED) is 0.304. The predicted molar refractivity (Wildman–Crippen MR) is 115 cm³/mol. The first-order valence-electron chi connectivity index (χ1n) is 10.3. The summed E-state index contributed by atoms with van der Waals surface area (Å²) in [5, 5.41) is 10.8. The number of benzene rings is 2. The fourth-order valence-electron chi connectivity index (χ4n) is 3.45. The molecule has 0 saturated heterocycles. The van der Waals surface area contributed by atoms with Crippen LogP contribution in [0.15, 0.2) is 42.5 Å². The van der Waals surface area contributed by atoms with Gasteiger partial charge in [0.05, 0.1) is 25.1 Å². The molecule has 2 aromatic carbocycles. The number of nitro groups is 1. The van der Waals surface area contributed by atoms with Crippen LogP contribution in [0.1, 0.15) is 30.9 Å². The topological polar surface area (TPSA) is 91.1 Å². The number of ether oxygens (including phenoxy) is 3. The molecule has 0 bridgehead atoms. The first-order chi connectivity index (χ1) is 14.9. The van der Waals surface area contributed by atoms with E-state index in [1.807, 2.05) is 25.1 Å². The smallest absolute Gasteiger partial charge is 0.309 e. The van der Waals surface area contributed by atoms with Gasteiger partial charge in [-0.3, -0.25) is 19.8 Å². The van der Waals surface area contributed by atoms with E-state index in [0.717, 1.165) is 24.0 Å². The Kier molecular flexibility index (Phi) is 7.46. The largest absolute Gasteiger partial charge is 0.493 e. The van der Waals surface area contributed by atoms with E-state index in [2.05, 4.69) is 4.90 Å². The van der Waals surface area contributed by atoms with Crippen LogP contribution in [0, 0.1) is 16.0 Å². The molecule has 8 nitrogen and oxygen atoms in total. The van der Waals surface area contributed by atoms with Crippen molar-refractivity contribution in [1.82, 2.24) is 4.90 Å². The zero-order valence-corrected chi connectivity index (χ0v) is 18.1. The number of rotatable bonds is 11. The number of carbonyl (C=O) groups is 1. The van der Waals surface area contributed by atoms with E-state index in [0.29, 0.717) is 30.6 Å². The van der Waals surface area contributed by atoms with Gasteiger partial charge in [-0.1, -0.05) is 13.0 Å². The van der Waals surface area contributed by atoms with Crippen LogP contribution in [0.4, 0.5) is 5.69 Å². The van der Waals surface area contributed by atoms with E-state index >= 15 is 0 Å². The van der Waals surface area contributed by atoms with E-state index in [9.17, 15) is 14.9 Å². The molecular weight excluding hydrogens is 400 g/mol. The molecule has 0 N–H and O–H groups in total. The van der Waals surface area contributed by atoms with Crippen molar-refractivity contribution in [2.45, 2.75) is 39.0 Å². The van der Waals surface area contributed by atoms with Crippen LogP contribution >= 0.6 is 0 Å². The van der Waals surface area contributed by atoms with Gasteiger partial charge in [0.15, 0.2) is 11.5 Å². The van der Waals surface area contributed by atoms with Crippen LogP contribution in [0.25, 0.3) is 0 Å². The second-order valence-corrected chi connectivity index (χ2v) is 7.78. The number of hydrogen-bond acceptors (Lipinski definition) is 7. The van der Waals surface area contributed by atoms with Crippen LogP contribution in [0.2, 0.25) is 0 Å². The molecule has 8 heteroatoms. The summed E-state index contributed by atoms with van der Waals surface area (Å²) >= 11 is 0. The predicted octanol–water partition coefficient (Wildman–Crippen LogP) is 3.96. The molecule has 0 heterocycles. The number of hydrogen-bond donors (Lipinski definition) is 0. The Bertz CT molecular complexity index is 911. The molecule has 1 unspecified atom stereocenters. The van der Waals surface area contributed by atoms with Crippen LogP contribution in [-0.2, 0) is 22.7 Å². The van der Waals surface area contributed by atoms with Crippen LogP contribution < -0.4 is 9.47 Å². The number of nitro benzene ring substituents is 1. The normalized spacial score (nSPS) is 14.2. The Morgan fingerprint density at radius 2 is 1.81 bits per heavy atom. The summed E-state index contributed by atoms with van der Waals surface area (Å²) in [6.07, 6.45) is 2.28. The Morgan fingerprint density at radius 1 is 1.13 bits per heavy atom. The van der Waals surface area contributed by atoms with Gasteiger partial charge in [0.25, 0.3) is 5.69 Å². The number of non-ortho nitro benzene ring substituents is 1. The van der Waals surface area contributed by atoms with Crippen LogP contribution in [-0.4, -0.2) is 42.6 Å². The Balaban J connectivity index is 1.64. The maximum Gasteiger partial charge on any atom is 0.309 e. The Labute approximate surface area is 181 Å². The van der Waals surface area contributed by atoms with E-state index in [-0.39, 0.29) is 24.2 Å². The second kappa shape index (κ2) is 10.3. The average Bonchev–Trinajstić information content (AvgIpc) is 3.62. The molecule has 1 aliphatic carbocycles. The summed E-state index contributed by atoms with van der Waals surface area (Å²) in [7, 11) is 3.01. The highest BCUT2D eigenvalue weighted by Crippen LogP contribution is 2.33. The lowest BCUT2D eigenvalue weighted by molar-refractivity contribution is -0.384. The summed E-state index contributed by atoms with van der Waals surface area (Å²) in [5.41, 5.74) is 1.95. The third-order valence-electron chi connectivity index (χ3n) is 5.33. The number of methoxy groups -OCH3 is 2. The van der Waals surface area contributed by atoms with Crippen molar-refractivity contribution in [3.63, 3.8) is 0 Å². The highest BCUT2D eigenvalue weighted by molar-refractivity contribution is 5.72. The van der Waals surface area contributed by atoms with E-state index in [1.165, 1.54) is 19.2 Å². The third-order valence-corrected chi connectivity index (χ3v) is 5.33. The minimum absolute atomic E-state index is 0.0485. The third kappa shape index (κ3) is 6.18. The monoisotopic (exact) mass is 428 g/mol. The molecule has 0 radical (unpaired) electrons. The van der Waals surface area contributed by atoms with E-state index in [1.54, 1.807) is 19.2 Å². The van der Waals surface area contributed by atoms with E-state index in [4.69, 9.17) is 14.2 Å². The molecular formula is C23H28N2O6. The first kappa shape index (κ1) is 22.6. The first-order valence-corrected chi connectivity index (χ1v) is 10.3. The minimum atomic E-state index is -0.427. The molecule has 0 aliphatic heterocycles. The maximum atomic E-state index is 11.8. The van der Waals surface area contributed by atoms with Crippen molar-refractivity contribution in [3.8, 4) is 11.5 Å². The Hall–Kier alpha value is -3.13. The van der Waals surface area contributed by atoms with Gasteiger partial charge in [0.2, 0.25) is 0 Å². The highest BCUT2D eigenvalue weighted by atomic mass is 16.6. The van der Waals surface area contributed by atoms with Crippen LogP contribution in [0.5, 0.6) is 11.5 Å². The molecule has 0 amide bonds. The van der Waals surface area contributed by atoms with Crippen molar-refractivity contribution in [2.24, 2.45) is 5.92 Å². The molecule has 1 aliphatic rings. The molecule has 0 spiro atoms. The summed E-state index contributed by atoms with van der Waals surface area (Å²) in [4.78, 5) is 24.5. The van der Waals surface area contributed by atoms with Crippen molar-refractivity contribution >= 4 is 11.7 Å². The minimum Gasteiger partial charge on any atom is -0.493 e. The highest BCUT2D eigenvalue weighted by Gasteiger charge is 2.31. The molecule has 166 valence electrons. The van der Waals surface area contributed by atoms with Gasteiger partial charge in [0.1, 0.15) is 6.61 Å². The van der Waals surface area contributed by atoms with Gasteiger partial charge in [-0.25, -0.2) is 0 Å². The molecule has 1 fully saturated rings. The van der Waals surface area contributed by atoms with Crippen molar-refractivity contribution in [1.29, 1.82) is 0 Å². The number of esters is 1. The second-order valence-electron chi connectivity index (χ2n) is 7.78. The summed E-state index contributed by atoms with van der Waals surface area (Å²) in [5.74, 6) is 0.844. The lowest BCUT2D eigenvalue weighted by atomic mass is 10.1. The lowest BCUT2D eigenvalue weighted by Gasteiger charge is -2.25. The van der Waals surface area contributed by atoms with Crippen molar-refractivity contribution < 1.29 is 23.9 Å². The number of nitrogens with zero attached hydrogens (tertiary/aromatic N) is 2. The SMILES string of the molecule is COC(=O)C(C)CN(Cc1ccc(OCc2ccc([N+](=O)[O-])cc2)c(OC)c1)C1CC1. The zero-order chi connectivity index (χ0) is 22.4. The van der Waals surface area contributed by atoms with Crippen molar-refractivity contribution in [3.05, 3.63) is 63.7 Å². The van der Waals surface area contributed by atoms with Gasteiger partial charge in [-0.2, -0.15) is 0 Å². The summed E-state index contributed by atoms with van der Waals surface area (Å²) in [6, 6.07) is 12.6. The van der Waals surface area contributed by atoms with Gasteiger partial charge in [0, 0.05) is 31.3 Å². The van der Waals surface area contributed by atoms with Gasteiger partial charge >= 0.3 is 5.97 Å². The molecule has 31 heavy (non-hydrogen) atoms. The van der Waals surface area contributed by atoms with Crippen LogP contribution in [0.3, 0.4) is 0 Å².